The fourth-order valence-corrected chi connectivity index (χ4v) is 3.50. The summed E-state index contributed by atoms with van der Waals surface area (Å²) in [6.45, 7) is 5.05. The van der Waals surface area contributed by atoms with Gasteiger partial charge in [0.2, 0.25) is 0 Å². The minimum absolute atomic E-state index is 0.214. The number of carbonyl (C=O) groups excluding carboxylic acids is 2. The molecule has 1 rings (SSSR count). The normalized spacial score (nSPS) is 10.8. The lowest BCUT2D eigenvalue weighted by Gasteiger charge is -2.06. The van der Waals surface area contributed by atoms with Gasteiger partial charge in [-0.3, -0.25) is 9.59 Å². The molecule has 0 spiro atoms. The van der Waals surface area contributed by atoms with E-state index in [0.717, 1.165) is 18.4 Å². The van der Waals surface area contributed by atoms with E-state index < -0.39 is 0 Å². The van der Waals surface area contributed by atoms with Crippen LogP contribution in [0.1, 0.15) is 114 Å². The van der Waals surface area contributed by atoms with Gasteiger partial charge in [-0.25, -0.2) is 0 Å². The first-order valence-corrected chi connectivity index (χ1v) is 12.5. The second-order valence-corrected chi connectivity index (χ2v) is 8.61. The second-order valence-electron chi connectivity index (χ2n) is 8.61. The molecule has 0 aliphatic heterocycles. The molecule has 0 unspecified atom stereocenters. The summed E-state index contributed by atoms with van der Waals surface area (Å²) < 4.78 is 10.5. The molecule has 0 bridgehead atoms. The van der Waals surface area contributed by atoms with Gasteiger partial charge in [0, 0.05) is 12.8 Å². The Morgan fingerprint density at radius 2 is 1.13 bits per heavy atom. The summed E-state index contributed by atoms with van der Waals surface area (Å²) in [5, 5.41) is 0. The van der Waals surface area contributed by atoms with Crippen LogP contribution in [0.3, 0.4) is 0 Å². The Hall–Kier alpha value is -1.84. The lowest BCUT2D eigenvalue weighted by molar-refractivity contribution is -0.146. The van der Waals surface area contributed by atoms with Crippen molar-refractivity contribution in [3.05, 3.63) is 35.4 Å². The van der Waals surface area contributed by atoms with Crippen LogP contribution < -0.4 is 0 Å². The van der Waals surface area contributed by atoms with Crippen molar-refractivity contribution in [2.24, 2.45) is 0 Å². The summed E-state index contributed by atoms with van der Waals surface area (Å²) in [7, 11) is 0. The largest absolute Gasteiger partial charge is 0.466 e. The Morgan fingerprint density at radius 1 is 0.645 bits per heavy atom. The van der Waals surface area contributed by atoms with Crippen molar-refractivity contribution in [3.8, 4) is 0 Å². The standard InChI is InChI=1S/C27H44O4/c1-3-4-5-6-7-8-9-10-11-12-13-14-22-30-26(28)16-15-17-27(29)31-23-25-20-18-24(2)19-21-25/h18-21H,3-17,22-23H2,1-2H3. The van der Waals surface area contributed by atoms with Gasteiger partial charge in [-0.05, 0) is 25.3 Å². The fraction of sp³-hybridized carbons (Fsp3) is 0.704. The SMILES string of the molecule is CCCCCCCCCCCCCCOC(=O)CCCC(=O)OCc1ccc(C)cc1. The van der Waals surface area contributed by atoms with Gasteiger partial charge in [0.25, 0.3) is 0 Å². The number of benzene rings is 1. The molecule has 0 aromatic heterocycles. The second kappa shape index (κ2) is 18.9. The lowest BCUT2D eigenvalue weighted by Crippen LogP contribution is -2.09. The molecule has 0 aliphatic carbocycles. The van der Waals surface area contributed by atoms with E-state index in [1.807, 2.05) is 31.2 Å². The number of aryl methyl sites for hydroxylation is 1. The van der Waals surface area contributed by atoms with Crippen molar-refractivity contribution < 1.29 is 19.1 Å². The molecule has 1 aromatic rings. The van der Waals surface area contributed by atoms with Crippen LogP contribution in [0.2, 0.25) is 0 Å². The first-order valence-electron chi connectivity index (χ1n) is 12.5. The van der Waals surface area contributed by atoms with Crippen molar-refractivity contribution >= 4 is 11.9 Å². The van der Waals surface area contributed by atoms with Crippen LogP contribution in [-0.4, -0.2) is 18.5 Å². The summed E-state index contributed by atoms with van der Waals surface area (Å²) in [6, 6.07) is 7.90. The van der Waals surface area contributed by atoms with Crippen molar-refractivity contribution in [2.45, 2.75) is 117 Å². The highest BCUT2D eigenvalue weighted by molar-refractivity contribution is 5.72. The van der Waals surface area contributed by atoms with E-state index in [1.54, 1.807) is 0 Å². The first-order chi connectivity index (χ1) is 15.1. The molecule has 0 saturated heterocycles. The van der Waals surface area contributed by atoms with Crippen LogP contribution >= 0.6 is 0 Å². The number of ether oxygens (including phenoxy) is 2. The highest BCUT2D eigenvalue weighted by Gasteiger charge is 2.07. The average molecular weight is 433 g/mol. The molecule has 4 heteroatoms. The zero-order valence-corrected chi connectivity index (χ0v) is 20.0. The van der Waals surface area contributed by atoms with Crippen LogP contribution in [0.15, 0.2) is 24.3 Å². The molecule has 176 valence electrons. The topological polar surface area (TPSA) is 52.6 Å². The van der Waals surface area contributed by atoms with Gasteiger partial charge in [-0.2, -0.15) is 0 Å². The quantitative estimate of drug-likeness (QED) is 0.168. The lowest BCUT2D eigenvalue weighted by atomic mass is 10.1. The number of esters is 2. The number of rotatable bonds is 19. The zero-order chi connectivity index (χ0) is 22.6. The predicted molar refractivity (Wildman–Crippen MR) is 127 cm³/mol. The zero-order valence-electron chi connectivity index (χ0n) is 20.0. The predicted octanol–water partition coefficient (Wildman–Crippen LogP) is 7.45. The summed E-state index contributed by atoms with van der Waals surface area (Å²) in [6.07, 6.45) is 16.5. The van der Waals surface area contributed by atoms with Gasteiger partial charge in [-0.15, -0.1) is 0 Å². The fourth-order valence-electron chi connectivity index (χ4n) is 3.50. The van der Waals surface area contributed by atoms with E-state index >= 15 is 0 Å². The minimum atomic E-state index is -0.269. The van der Waals surface area contributed by atoms with Crippen molar-refractivity contribution in [3.63, 3.8) is 0 Å². The summed E-state index contributed by atoms with van der Waals surface area (Å²) in [5.41, 5.74) is 2.15. The Balaban J connectivity index is 1.86. The summed E-state index contributed by atoms with van der Waals surface area (Å²) in [5.74, 6) is -0.483. The molecule has 0 N–H and O–H groups in total. The first kappa shape index (κ1) is 27.2. The maximum Gasteiger partial charge on any atom is 0.306 e. The molecule has 0 amide bonds. The van der Waals surface area contributed by atoms with Gasteiger partial charge in [0.1, 0.15) is 6.61 Å². The van der Waals surface area contributed by atoms with Crippen LogP contribution in [0.25, 0.3) is 0 Å². The van der Waals surface area contributed by atoms with Crippen molar-refractivity contribution in [2.75, 3.05) is 6.61 Å². The van der Waals surface area contributed by atoms with E-state index in [4.69, 9.17) is 9.47 Å². The Bertz CT molecular complexity index is 579. The molecule has 31 heavy (non-hydrogen) atoms. The number of hydrogen-bond acceptors (Lipinski definition) is 4. The van der Waals surface area contributed by atoms with Gasteiger partial charge in [0.15, 0.2) is 0 Å². The molecule has 0 radical (unpaired) electrons. The van der Waals surface area contributed by atoms with Crippen molar-refractivity contribution in [1.29, 1.82) is 0 Å². The number of unbranched alkanes of at least 4 members (excludes halogenated alkanes) is 11. The minimum Gasteiger partial charge on any atom is -0.466 e. The molecule has 0 saturated carbocycles. The van der Waals surface area contributed by atoms with E-state index in [0.29, 0.717) is 13.0 Å². The average Bonchev–Trinajstić information content (AvgIpc) is 2.76. The monoisotopic (exact) mass is 432 g/mol. The van der Waals surface area contributed by atoms with Crippen molar-refractivity contribution in [1.82, 2.24) is 0 Å². The van der Waals surface area contributed by atoms with Crippen LogP contribution in [0.5, 0.6) is 0 Å². The summed E-state index contributed by atoms with van der Waals surface area (Å²) >= 11 is 0. The smallest absolute Gasteiger partial charge is 0.306 e. The van der Waals surface area contributed by atoms with E-state index in [-0.39, 0.29) is 31.4 Å². The van der Waals surface area contributed by atoms with Gasteiger partial charge >= 0.3 is 11.9 Å². The molecule has 4 nitrogen and oxygen atoms in total. The number of hydrogen-bond donors (Lipinski definition) is 0. The Morgan fingerprint density at radius 3 is 1.68 bits per heavy atom. The molecular formula is C27H44O4. The Labute approximate surface area is 190 Å². The third kappa shape index (κ3) is 16.5. The van der Waals surface area contributed by atoms with Crippen LogP contribution in [0.4, 0.5) is 0 Å². The third-order valence-electron chi connectivity index (χ3n) is 5.54. The molecule has 0 aliphatic rings. The summed E-state index contributed by atoms with van der Waals surface area (Å²) in [4.78, 5) is 23.5. The van der Waals surface area contributed by atoms with Crippen LogP contribution in [0, 0.1) is 6.92 Å². The molecule has 0 atom stereocenters. The molecule has 0 heterocycles. The van der Waals surface area contributed by atoms with E-state index in [1.165, 1.54) is 69.8 Å². The van der Waals surface area contributed by atoms with E-state index in [9.17, 15) is 9.59 Å². The maximum absolute atomic E-state index is 11.8. The highest BCUT2D eigenvalue weighted by Crippen LogP contribution is 2.12. The maximum atomic E-state index is 11.8. The van der Waals surface area contributed by atoms with Gasteiger partial charge in [-0.1, -0.05) is 107 Å². The molecular weight excluding hydrogens is 388 g/mol. The highest BCUT2D eigenvalue weighted by atomic mass is 16.5. The van der Waals surface area contributed by atoms with Gasteiger partial charge in [0.05, 0.1) is 6.61 Å². The molecule has 1 aromatic carbocycles. The number of carbonyl (C=O) groups is 2. The molecule has 0 fully saturated rings. The Kier molecular flexibility index (Phi) is 16.6. The van der Waals surface area contributed by atoms with Gasteiger partial charge < -0.3 is 9.47 Å². The van der Waals surface area contributed by atoms with E-state index in [2.05, 4.69) is 6.92 Å². The van der Waals surface area contributed by atoms with Crippen LogP contribution in [-0.2, 0) is 25.7 Å². The third-order valence-corrected chi connectivity index (χ3v) is 5.54.